The van der Waals surface area contributed by atoms with E-state index in [9.17, 15) is 4.79 Å². The van der Waals surface area contributed by atoms with E-state index in [4.69, 9.17) is 14.3 Å². The number of carboxylic acid groups (broad SMARTS) is 1. The molecule has 1 aromatic heterocycles. The molecule has 0 unspecified atom stereocenters. The maximum Gasteiger partial charge on any atom is 0.335 e. The van der Waals surface area contributed by atoms with Crippen LogP contribution < -0.4 is 4.74 Å². The Bertz CT molecular complexity index is 823. The van der Waals surface area contributed by atoms with Gasteiger partial charge >= 0.3 is 5.97 Å². The minimum atomic E-state index is -0.974. The predicted molar refractivity (Wildman–Crippen MR) is 87.9 cm³/mol. The van der Waals surface area contributed by atoms with Crippen LogP contribution in [-0.2, 0) is 0 Å². The summed E-state index contributed by atoms with van der Waals surface area (Å²) in [5.41, 5.74) is 1.67. The zero-order chi connectivity index (χ0) is 16.9. The van der Waals surface area contributed by atoms with Gasteiger partial charge in [0.15, 0.2) is 0 Å². The average molecular weight is 324 g/mol. The summed E-state index contributed by atoms with van der Waals surface area (Å²) in [6, 6.07) is 13.7. The molecule has 0 aliphatic heterocycles. The molecule has 0 saturated heterocycles. The van der Waals surface area contributed by atoms with Crippen LogP contribution in [-0.4, -0.2) is 27.9 Å². The quantitative estimate of drug-likeness (QED) is 0.740. The van der Waals surface area contributed by atoms with Crippen molar-refractivity contribution in [3.63, 3.8) is 0 Å². The summed E-state index contributed by atoms with van der Waals surface area (Å²) in [6.45, 7) is 2.73. The molecule has 24 heavy (non-hydrogen) atoms. The van der Waals surface area contributed by atoms with Crippen molar-refractivity contribution in [2.24, 2.45) is 0 Å². The van der Waals surface area contributed by atoms with Crippen LogP contribution in [0, 0.1) is 0 Å². The topological polar surface area (TPSA) is 85.5 Å². The number of hydrogen-bond acceptors (Lipinski definition) is 5. The van der Waals surface area contributed by atoms with Crippen molar-refractivity contribution in [1.29, 1.82) is 0 Å². The second kappa shape index (κ2) is 6.95. The minimum absolute atomic E-state index is 0.209. The van der Waals surface area contributed by atoms with Crippen LogP contribution in [0.2, 0.25) is 0 Å². The van der Waals surface area contributed by atoms with Gasteiger partial charge < -0.3 is 14.3 Å². The number of nitrogens with zero attached hydrogens (tertiary/aromatic N) is 2. The van der Waals surface area contributed by atoms with Crippen LogP contribution in [0.5, 0.6) is 5.75 Å². The van der Waals surface area contributed by atoms with Gasteiger partial charge in [-0.2, -0.15) is 0 Å². The van der Waals surface area contributed by atoms with E-state index in [1.807, 2.05) is 24.3 Å². The first-order valence-electron chi connectivity index (χ1n) is 7.58. The van der Waals surface area contributed by atoms with Crippen molar-refractivity contribution < 1.29 is 19.1 Å². The van der Waals surface area contributed by atoms with E-state index >= 15 is 0 Å². The van der Waals surface area contributed by atoms with E-state index in [0.29, 0.717) is 24.0 Å². The van der Waals surface area contributed by atoms with Crippen molar-refractivity contribution in [2.75, 3.05) is 6.61 Å². The molecule has 3 rings (SSSR count). The minimum Gasteiger partial charge on any atom is -0.494 e. The third-order valence-electron chi connectivity index (χ3n) is 3.38. The van der Waals surface area contributed by atoms with E-state index in [-0.39, 0.29) is 5.56 Å². The van der Waals surface area contributed by atoms with E-state index < -0.39 is 5.97 Å². The number of benzene rings is 2. The van der Waals surface area contributed by atoms with Gasteiger partial charge in [-0.15, -0.1) is 10.2 Å². The first-order valence-corrected chi connectivity index (χ1v) is 7.58. The third-order valence-corrected chi connectivity index (χ3v) is 3.38. The molecular weight excluding hydrogens is 308 g/mol. The van der Waals surface area contributed by atoms with Crippen molar-refractivity contribution >= 4 is 5.97 Å². The summed E-state index contributed by atoms with van der Waals surface area (Å²) in [5.74, 6) is 0.561. The molecule has 1 heterocycles. The molecule has 0 amide bonds. The van der Waals surface area contributed by atoms with Crippen molar-refractivity contribution in [1.82, 2.24) is 10.2 Å². The molecule has 0 aliphatic carbocycles. The molecule has 3 aromatic rings. The van der Waals surface area contributed by atoms with Gasteiger partial charge in [0.1, 0.15) is 5.75 Å². The van der Waals surface area contributed by atoms with Gasteiger partial charge in [0, 0.05) is 11.1 Å². The molecule has 0 saturated carbocycles. The molecule has 2 aromatic carbocycles. The molecule has 122 valence electrons. The van der Waals surface area contributed by atoms with Gasteiger partial charge in [0.2, 0.25) is 11.8 Å². The van der Waals surface area contributed by atoms with E-state index in [1.54, 1.807) is 12.1 Å². The summed E-state index contributed by atoms with van der Waals surface area (Å²) < 4.78 is 11.2. The van der Waals surface area contributed by atoms with Crippen molar-refractivity contribution in [3.8, 4) is 28.7 Å². The first-order chi connectivity index (χ1) is 11.7. The normalized spacial score (nSPS) is 10.5. The average Bonchev–Trinajstić information content (AvgIpc) is 3.10. The maximum absolute atomic E-state index is 10.9. The number of ether oxygens (including phenoxy) is 1. The van der Waals surface area contributed by atoms with Crippen LogP contribution in [0.15, 0.2) is 52.9 Å². The summed E-state index contributed by atoms with van der Waals surface area (Å²) in [5, 5.41) is 17.0. The number of carbonyl (C=O) groups is 1. The zero-order valence-corrected chi connectivity index (χ0v) is 13.1. The number of aromatic carboxylic acids is 1. The Hall–Kier alpha value is -3.15. The summed E-state index contributed by atoms with van der Waals surface area (Å²) in [7, 11) is 0. The lowest BCUT2D eigenvalue weighted by molar-refractivity contribution is 0.0697. The highest BCUT2D eigenvalue weighted by Gasteiger charge is 2.11. The Morgan fingerprint density at radius 1 is 1.00 bits per heavy atom. The molecule has 6 nitrogen and oxygen atoms in total. The lowest BCUT2D eigenvalue weighted by Crippen LogP contribution is -1.94. The van der Waals surface area contributed by atoms with Gasteiger partial charge in [0.05, 0.1) is 12.2 Å². The first kappa shape index (κ1) is 15.7. The van der Waals surface area contributed by atoms with Crippen LogP contribution >= 0.6 is 0 Å². The molecule has 0 atom stereocenters. The fourth-order valence-electron chi connectivity index (χ4n) is 2.13. The smallest absolute Gasteiger partial charge is 0.335 e. The molecule has 0 bridgehead atoms. The van der Waals surface area contributed by atoms with Crippen LogP contribution in [0.25, 0.3) is 22.9 Å². The standard InChI is InChI=1S/C18H16N2O4/c1-2-11-23-15-9-7-13(8-10-15)17-20-19-16(24-17)12-3-5-14(6-4-12)18(21)22/h3-10H,2,11H2,1H3,(H,21,22). The van der Waals surface area contributed by atoms with E-state index in [1.165, 1.54) is 12.1 Å². The summed E-state index contributed by atoms with van der Waals surface area (Å²) in [6.07, 6.45) is 0.954. The summed E-state index contributed by atoms with van der Waals surface area (Å²) >= 11 is 0. The Morgan fingerprint density at radius 3 is 2.04 bits per heavy atom. The Labute approximate surface area is 138 Å². The zero-order valence-electron chi connectivity index (χ0n) is 13.1. The Kier molecular flexibility index (Phi) is 4.56. The highest BCUT2D eigenvalue weighted by Crippen LogP contribution is 2.25. The van der Waals surface area contributed by atoms with Gasteiger partial charge in [0.25, 0.3) is 0 Å². The Morgan fingerprint density at radius 2 is 1.54 bits per heavy atom. The molecule has 1 N–H and O–H groups in total. The van der Waals surface area contributed by atoms with Gasteiger partial charge in [-0.05, 0) is 55.0 Å². The van der Waals surface area contributed by atoms with Crippen molar-refractivity contribution in [3.05, 3.63) is 54.1 Å². The summed E-state index contributed by atoms with van der Waals surface area (Å²) in [4.78, 5) is 10.9. The lowest BCUT2D eigenvalue weighted by Gasteiger charge is -2.04. The second-order valence-corrected chi connectivity index (χ2v) is 5.17. The lowest BCUT2D eigenvalue weighted by atomic mass is 10.1. The predicted octanol–water partition coefficient (Wildman–Crippen LogP) is 3.89. The van der Waals surface area contributed by atoms with Crippen LogP contribution in [0.3, 0.4) is 0 Å². The van der Waals surface area contributed by atoms with Gasteiger partial charge in [-0.1, -0.05) is 6.92 Å². The molecule has 0 radical (unpaired) electrons. The monoisotopic (exact) mass is 324 g/mol. The van der Waals surface area contributed by atoms with Crippen LogP contribution in [0.1, 0.15) is 23.7 Å². The highest BCUT2D eigenvalue weighted by atomic mass is 16.5. The number of carboxylic acids is 1. The molecule has 0 fully saturated rings. The second-order valence-electron chi connectivity index (χ2n) is 5.17. The van der Waals surface area contributed by atoms with Gasteiger partial charge in [-0.25, -0.2) is 4.79 Å². The SMILES string of the molecule is CCCOc1ccc(-c2nnc(-c3ccc(C(=O)O)cc3)o2)cc1. The van der Waals surface area contributed by atoms with Crippen LogP contribution in [0.4, 0.5) is 0 Å². The largest absolute Gasteiger partial charge is 0.494 e. The van der Waals surface area contributed by atoms with Gasteiger partial charge in [-0.3, -0.25) is 0 Å². The maximum atomic E-state index is 10.9. The molecular formula is C18H16N2O4. The fourth-order valence-corrected chi connectivity index (χ4v) is 2.13. The third kappa shape index (κ3) is 3.43. The molecule has 6 heteroatoms. The number of rotatable bonds is 6. The fraction of sp³-hybridized carbons (Fsp3) is 0.167. The number of hydrogen-bond donors (Lipinski definition) is 1. The van der Waals surface area contributed by atoms with Crippen molar-refractivity contribution in [2.45, 2.75) is 13.3 Å². The number of aromatic nitrogens is 2. The van der Waals surface area contributed by atoms with E-state index in [0.717, 1.165) is 17.7 Å². The Balaban J connectivity index is 1.78. The molecule has 0 aliphatic rings. The van der Waals surface area contributed by atoms with E-state index in [2.05, 4.69) is 17.1 Å². The molecule has 0 spiro atoms. The highest BCUT2D eigenvalue weighted by molar-refractivity contribution is 5.88.